The Morgan fingerprint density at radius 3 is 2.80 bits per heavy atom. The van der Waals surface area contributed by atoms with Gasteiger partial charge in [0.15, 0.2) is 0 Å². The Morgan fingerprint density at radius 2 is 2.27 bits per heavy atom. The van der Waals surface area contributed by atoms with Crippen molar-refractivity contribution in [2.24, 2.45) is 5.92 Å². The van der Waals surface area contributed by atoms with E-state index < -0.39 is 0 Å². The second-order valence-electron chi connectivity index (χ2n) is 4.11. The van der Waals surface area contributed by atoms with Gasteiger partial charge in [0, 0.05) is 22.4 Å². The Labute approximate surface area is 104 Å². The molecule has 0 saturated heterocycles. The first-order chi connectivity index (χ1) is 7.09. The minimum atomic E-state index is -0.233. The summed E-state index contributed by atoms with van der Waals surface area (Å²) in [6.45, 7) is 5.74. The number of aliphatic hydroxyl groups excluding tert-OH is 1. The van der Waals surface area contributed by atoms with E-state index >= 15 is 0 Å². The summed E-state index contributed by atoms with van der Waals surface area (Å²) in [5.41, 5.74) is 0. The van der Waals surface area contributed by atoms with Crippen LogP contribution in [-0.4, -0.2) is 17.8 Å². The van der Waals surface area contributed by atoms with Crippen LogP contribution < -0.4 is 5.32 Å². The molecule has 0 radical (unpaired) electrons. The molecular weight excluding hydrogens is 274 g/mol. The number of rotatable bonds is 6. The Balaban J connectivity index is 2.19. The highest BCUT2D eigenvalue weighted by Gasteiger charge is 2.07. The highest BCUT2D eigenvalue weighted by Crippen LogP contribution is 2.22. The van der Waals surface area contributed by atoms with E-state index in [1.807, 2.05) is 6.07 Å². The molecule has 1 atom stereocenters. The first-order valence-corrected chi connectivity index (χ1v) is 6.87. The number of aliphatic hydroxyl groups is 1. The molecule has 0 aliphatic rings. The molecule has 2 N–H and O–H groups in total. The van der Waals surface area contributed by atoms with Crippen LogP contribution in [0.25, 0.3) is 0 Å². The minimum absolute atomic E-state index is 0.233. The zero-order valence-electron chi connectivity index (χ0n) is 9.16. The molecule has 0 aliphatic carbocycles. The third kappa shape index (κ3) is 5.11. The standard InChI is InChI=1S/C11H18BrNOS/c1-8(2)5-9(14)6-13-7-11-10(12)3-4-15-11/h3-4,8-9,13-14H,5-7H2,1-2H3. The van der Waals surface area contributed by atoms with E-state index in [1.54, 1.807) is 11.3 Å². The monoisotopic (exact) mass is 291 g/mol. The molecule has 1 aromatic rings. The fraction of sp³-hybridized carbons (Fsp3) is 0.636. The fourth-order valence-electron chi connectivity index (χ4n) is 1.43. The van der Waals surface area contributed by atoms with E-state index in [9.17, 15) is 5.11 Å². The lowest BCUT2D eigenvalue weighted by Crippen LogP contribution is -2.27. The van der Waals surface area contributed by atoms with Gasteiger partial charge in [0.2, 0.25) is 0 Å². The minimum Gasteiger partial charge on any atom is -0.392 e. The van der Waals surface area contributed by atoms with Crippen molar-refractivity contribution < 1.29 is 5.11 Å². The van der Waals surface area contributed by atoms with Gasteiger partial charge in [-0.15, -0.1) is 11.3 Å². The Kier molecular flexibility index (Phi) is 5.82. The largest absolute Gasteiger partial charge is 0.392 e. The number of nitrogens with one attached hydrogen (secondary N) is 1. The van der Waals surface area contributed by atoms with Crippen molar-refractivity contribution in [3.63, 3.8) is 0 Å². The van der Waals surface area contributed by atoms with Gasteiger partial charge in [0.1, 0.15) is 0 Å². The molecule has 0 saturated carbocycles. The second kappa shape index (κ2) is 6.63. The molecule has 1 unspecified atom stereocenters. The average molecular weight is 292 g/mol. The number of hydrogen-bond acceptors (Lipinski definition) is 3. The van der Waals surface area contributed by atoms with E-state index in [0.29, 0.717) is 12.5 Å². The highest BCUT2D eigenvalue weighted by atomic mass is 79.9. The van der Waals surface area contributed by atoms with Crippen molar-refractivity contribution in [3.8, 4) is 0 Å². The summed E-state index contributed by atoms with van der Waals surface area (Å²) in [6, 6.07) is 2.05. The molecule has 86 valence electrons. The molecule has 0 amide bonds. The molecule has 0 aliphatic heterocycles. The lowest BCUT2D eigenvalue weighted by Gasteiger charge is -2.13. The van der Waals surface area contributed by atoms with Crippen LogP contribution in [0.5, 0.6) is 0 Å². The molecule has 1 rings (SSSR count). The molecule has 0 aromatic carbocycles. The Bertz CT molecular complexity index is 288. The predicted molar refractivity (Wildman–Crippen MR) is 69.2 cm³/mol. The maximum Gasteiger partial charge on any atom is 0.0667 e. The lowest BCUT2D eigenvalue weighted by molar-refractivity contribution is 0.146. The molecule has 0 spiro atoms. The van der Waals surface area contributed by atoms with Crippen LogP contribution in [0.15, 0.2) is 15.9 Å². The molecule has 0 bridgehead atoms. The SMILES string of the molecule is CC(C)CC(O)CNCc1sccc1Br. The van der Waals surface area contributed by atoms with E-state index in [0.717, 1.165) is 17.4 Å². The van der Waals surface area contributed by atoms with E-state index in [2.05, 4.69) is 40.5 Å². The number of hydrogen-bond donors (Lipinski definition) is 2. The van der Waals surface area contributed by atoms with Gasteiger partial charge < -0.3 is 10.4 Å². The van der Waals surface area contributed by atoms with Gasteiger partial charge in [0.25, 0.3) is 0 Å². The van der Waals surface area contributed by atoms with Crippen LogP contribution in [-0.2, 0) is 6.54 Å². The highest BCUT2D eigenvalue weighted by molar-refractivity contribution is 9.10. The van der Waals surface area contributed by atoms with E-state index in [1.165, 1.54) is 4.88 Å². The smallest absolute Gasteiger partial charge is 0.0667 e. The summed E-state index contributed by atoms with van der Waals surface area (Å²) < 4.78 is 1.15. The summed E-state index contributed by atoms with van der Waals surface area (Å²) in [5.74, 6) is 0.551. The Morgan fingerprint density at radius 1 is 1.53 bits per heavy atom. The molecule has 4 heteroatoms. The second-order valence-corrected chi connectivity index (χ2v) is 5.96. The van der Waals surface area contributed by atoms with Crippen molar-refractivity contribution in [1.82, 2.24) is 5.32 Å². The van der Waals surface area contributed by atoms with Crippen molar-refractivity contribution in [3.05, 3.63) is 20.8 Å². The van der Waals surface area contributed by atoms with Crippen molar-refractivity contribution in [2.75, 3.05) is 6.54 Å². The summed E-state index contributed by atoms with van der Waals surface area (Å²) in [6.07, 6.45) is 0.627. The van der Waals surface area contributed by atoms with Gasteiger partial charge in [-0.05, 0) is 39.7 Å². The van der Waals surface area contributed by atoms with Crippen LogP contribution in [0, 0.1) is 5.92 Å². The number of thiophene rings is 1. The quantitative estimate of drug-likeness (QED) is 0.845. The normalized spacial score (nSPS) is 13.4. The van der Waals surface area contributed by atoms with Gasteiger partial charge in [-0.1, -0.05) is 13.8 Å². The molecular formula is C11H18BrNOS. The van der Waals surface area contributed by atoms with Crippen LogP contribution in [0.2, 0.25) is 0 Å². The third-order valence-electron chi connectivity index (χ3n) is 2.10. The van der Waals surface area contributed by atoms with Crippen LogP contribution in [0.4, 0.5) is 0 Å². The van der Waals surface area contributed by atoms with E-state index in [-0.39, 0.29) is 6.10 Å². The molecule has 15 heavy (non-hydrogen) atoms. The first-order valence-electron chi connectivity index (χ1n) is 5.20. The Hall–Kier alpha value is 0.100. The molecule has 2 nitrogen and oxygen atoms in total. The van der Waals surface area contributed by atoms with Gasteiger partial charge in [0.05, 0.1) is 6.10 Å². The number of halogens is 1. The van der Waals surface area contributed by atoms with Crippen molar-refractivity contribution >= 4 is 27.3 Å². The summed E-state index contributed by atoms with van der Waals surface area (Å²) >= 11 is 5.21. The predicted octanol–water partition coefficient (Wildman–Crippen LogP) is 3.01. The van der Waals surface area contributed by atoms with Crippen LogP contribution in [0.3, 0.4) is 0 Å². The summed E-state index contributed by atoms with van der Waals surface area (Å²) in [4.78, 5) is 1.28. The third-order valence-corrected chi connectivity index (χ3v) is 4.03. The van der Waals surface area contributed by atoms with Gasteiger partial charge in [-0.2, -0.15) is 0 Å². The van der Waals surface area contributed by atoms with Crippen molar-refractivity contribution in [2.45, 2.75) is 32.9 Å². The van der Waals surface area contributed by atoms with Gasteiger partial charge in [-0.25, -0.2) is 0 Å². The van der Waals surface area contributed by atoms with Crippen LogP contribution >= 0.6 is 27.3 Å². The van der Waals surface area contributed by atoms with Gasteiger partial charge >= 0.3 is 0 Å². The average Bonchev–Trinajstić information content (AvgIpc) is 2.50. The molecule has 0 fully saturated rings. The zero-order valence-corrected chi connectivity index (χ0v) is 11.6. The maximum atomic E-state index is 9.65. The molecule has 1 heterocycles. The van der Waals surface area contributed by atoms with Crippen molar-refractivity contribution in [1.29, 1.82) is 0 Å². The lowest BCUT2D eigenvalue weighted by atomic mass is 10.1. The zero-order chi connectivity index (χ0) is 11.3. The van der Waals surface area contributed by atoms with Crippen LogP contribution in [0.1, 0.15) is 25.1 Å². The first kappa shape index (κ1) is 13.2. The summed E-state index contributed by atoms with van der Waals surface area (Å²) in [5, 5.41) is 15.0. The van der Waals surface area contributed by atoms with Gasteiger partial charge in [-0.3, -0.25) is 0 Å². The summed E-state index contributed by atoms with van der Waals surface area (Å²) in [7, 11) is 0. The topological polar surface area (TPSA) is 32.3 Å². The van der Waals surface area contributed by atoms with E-state index in [4.69, 9.17) is 0 Å². The fourth-order valence-corrected chi connectivity index (χ4v) is 2.89. The maximum absolute atomic E-state index is 9.65. The molecule has 1 aromatic heterocycles.